The molecule has 1 N–H and O–H groups in total. The third kappa shape index (κ3) is 3.98. The summed E-state index contributed by atoms with van der Waals surface area (Å²) in [6, 6.07) is 12.6. The van der Waals surface area contributed by atoms with Gasteiger partial charge in [-0.15, -0.1) is 0 Å². The molecule has 2 heterocycles. The Morgan fingerprint density at radius 3 is 2.35 bits per heavy atom. The minimum atomic E-state index is -1.54. The molecule has 1 aromatic carbocycles. The van der Waals surface area contributed by atoms with Crippen LogP contribution in [0.3, 0.4) is 0 Å². The first-order valence-corrected chi connectivity index (χ1v) is 10.1. The van der Waals surface area contributed by atoms with Gasteiger partial charge >= 0.3 is 0 Å². The molecule has 1 atom stereocenters. The highest BCUT2D eigenvalue weighted by Gasteiger charge is 2.58. The number of methoxy groups -OCH3 is 2. The Hall–Kier alpha value is -3.03. The molecule has 1 aliphatic heterocycles. The van der Waals surface area contributed by atoms with Gasteiger partial charge in [-0.25, -0.2) is 0 Å². The number of benzene rings is 1. The molecular weight excluding hydrogens is 394 g/mol. The predicted molar refractivity (Wildman–Crippen MR) is 119 cm³/mol. The SMILES string of the molecule is C=C1c2ccccc2N(C(=O)CC(OC)OC)C1(C(=O)NC(C)(C)C)c1ccccn1. The van der Waals surface area contributed by atoms with Crippen LogP contribution in [0.25, 0.3) is 5.57 Å². The maximum Gasteiger partial charge on any atom is 0.257 e. The molecule has 0 saturated heterocycles. The normalized spacial score (nSPS) is 18.3. The largest absolute Gasteiger partial charge is 0.355 e. The van der Waals surface area contributed by atoms with Crippen LogP contribution in [0.2, 0.25) is 0 Å². The number of anilines is 1. The Balaban J connectivity index is 2.26. The number of fused-ring (bicyclic) bond motifs is 1. The molecule has 7 heteroatoms. The van der Waals surface area contributed by atoms with Gasteiger partial charge in [0.15, 0.2) is 11.8 Å². The van der Waals surface area contributed by atoms with E-state index in [-0.39, 0.29) is 18.2 Å². The van der Waals surface area contributed by atoms with E-state index in [1.54, 1.807) is 24.4 Å². The molecule has 2 aromatic rings. The summed E-state index contributed by atoms with van der Waals surface area (Å²) in [5.41, 5.74) is 0.141. The Bertz CT molecular complexity index is 980. The van der Waals surface area contributed by atoms with Crippen molar-refractivity contribution in [2.75, 3.05) is 19.1 Å². The number of nitrogens with one attached hydrogen (secondary N) is 1. The summed E-state index contributed by atoms with van der Waals surface area (Å²) < 4.78 is 10.5. The summed E-state index contributed by atoms with van der Waals surface area (Å²) >= 11 is 0. The number of carbonyl (C=O) groups excluding carboxylic acids is 2. The quantitative estimate of drug-likeness (QED) is 0.722. The van der Waals surface area contributed by atoms with Gasteiger partial charge < -0.3 is 14.8 Å². The highest BCUT2D eigenvalue weighted by atomic mass is 16.7. The van der Waals surface area contributed by atoms with Gasteiger partial charge in [-0.1, -0.05) is 30.8 Å². The number of ether oxygens (including phenoxy) is 2. The molecule has 1 unspecified atom stereocenters. The lowest BCUT2D eigenvalue weighted by Gasteiger charge is -2.40. The van der Waals surface area contributed by atoms with Crippen LogP contribution in [0.1, 0.15) is 38.4 Å². The fourth-order valence-corrected chi connectivity index (χ4v) is 3.88. The lowest BCUT2D eigenvalue weighted by molar-refractivity contribution is -0.140. The first kappa shape index (κ1) is 22.7. The smallest absolute Gasteiger partial charge is 0.257 e. The Labute approximate surface area is 183 Å². The van der Waals surface area contributed by atoms with E-state index in [4.69, 9.17) is 9.47 Å². The average Bonchev–Trinajstić information content (AvgIpc) is 3.01. The zero-order chi connectivity index (χ0) is 22.8. The van der Waals surface area contributed by atoms with Gasteiger partial charge in [0.1, 0.15) is 0 Å². The molecule has 31 heavy (non-hydrogen) atoms. The monoisotopic (exact) mass is 423 g/mol. The van der Waals surface area contributed by atoms with Gasteiger partial charge in [0.25, 0.3) is 5.91 Å². The minimum absolute atomic E-state index is 0.0774. The van der Waals surface area contributed by atoms with Gasteiger partial charge in [-0.2, -0.15) is 0 Å². The van der Waals surface area contributed by atoms with E-state index in [1.165, 1.54) is 19.1 Å². The molecule has 3 rings (SSSR count). The average molecular weight is 424 g/mol. The van der Waals surface area contributed by atoms with E-state index in [0.29, 0.717) is 17.0 Å². The summed E-state index contributed by atoms with van der Waals surface area (Å²) in [6.45, 7) is 9.94. The number of nitrogens with zero attached hydrogens (tertiary/aromatic N) is 2. The van der Waals surface area contributed by atoms with E-state index in [1.807, 2.05) is 45.0 Å². The van der Waals surface area contributed by atoms with Crippen LogP contribution in [0.5, 0.6) is 0 Å². The van der Waals surface area contributed by atoms with Crippen molar-refractivity contribution in [3.05, 3.63) is 66.5 Å². The topological polar surface area (TPSA) is 80.8 Å². The summed E-state index contributed by atoms with van der Waals surface area (Å²) in [5, 5.41) is 3.04. The van der Waals surface area contributed by atoms with Crippen molar-refractivity contribution < 1.29 is 19.1 Å². The number of pyridine rings is 1. The maximum atomic E-state index is 13.9. The van der Waals surface area contributed by atoms with Crippen LogP contribution in [0, 0.1) is 0 Å². The maximum absolute atomic E-state index is 13.9. The van der Waals surface area contributed by atoms with Crippen molar-refractivity contribution in [1.29, 1.82) is 0 Å². The second-order valence-corrected chi connectivity index (χ2v) is 8.46. The summed E-state index contributed by atoms with van der Waals surface area (Å²) in [4.78, 5) is 33.6. The van der Waals surface area contributed by atoms with Crippen LogP contribution in [0.4, 0.5) is 5.69 Å². The molecule has 164 valence electrons. The van der Waals surface area contributed by atoms with E-state index < -0.39 is 17.4 Å². The zero-order valence-corrected chi connectivity index (χ0v) is 18.6. The number of para-hydroxylation sites is 1. The molecule has 0 fully saturated rings. The third-order valence-corrected chi connectivity index (χ3v) is 5.21. The van der Waals surface area contributed by atoms with Crippen molar-refractivity contribution in [2.24, 2.45) is 0 Å². The highest BCUT2D eigenvalue weighted by molar-refractivity contribution is 6.17. The van der Waals surface area contributed by atoms with E-state index in [0.717, 1.165) is 5.56 Å². The molecule has 1 aliphatic rings. The molecule has 0 radical (unpaired) electrons. The Kier molecular flexibility index (Phi) is 6.29. The van der Waals surface area contributed by atoms with Crippen LogP contribution in [-0.2, 0) is 24.6 Å². The van der Waals surface area contributed by atoms with Gasteiger partial charge in [-0.3, -0.25) is 19.5 Å². The lowest BCUT2D eigenvalue weighted by Crippen LogP contribution is -2.60. The van der Waals surface area contributed by atoms with Crippen LogP contribution < -0.4 is 10.2 Å². The second-order valence-electron chi connectivity index (χ2n) is 8.46. The number of aromatic nitrogens is 1. The number of hydrogen-bond donors (Lipinski definition) is 1. The van der Waals surface area contributed by atoms with Crippen molar-refractivity contribution in [1.82, 2.24) is 10.3 Å². The van der Waals surface area contributed by atoms with Crippen molar-refractivity contribution in [3.8, 4) is 0 Å². The van der Waals surface area contributed by atoms with E-state index >= 15 is 0 Å². The summed E-state index contributed by atoms with van der Waals surface area (Å²) in [7, 11) is 2.94. The fraction of sp³-hybridized carbons (Fsp3) is 0.375. The first-order valence-electron chi connectivity index (χ1n) is 10.1. The Morgan fingerprint density at radius 1 is 1.13 bits per heavy atom. The minimum Gasteiger partial charge on any atom is -0.355 e. The number of hydrogen-bond acceptors (Lipinski definition) is 5. The number of carbonyl (C=O) groups is 2. The van der Waals surface area contributed by atoms with Gasteiger partial charge in [0.2, 0.25) is 5.91 Å². The molecule has 0 spiro atoms. The van der Waals surface area contributed by atoms with E-state index in [2.05, 4.69) is 16.9 Å². The van der Waals surface area contributed by atoms with Gasteiger partial charge in [0.05, 0.1) is 17.8 Å². The van der Waals surface area contributed by atoms with Crippen LogP contribution in [0.15, 0.2) is 55.2 Å². The van der Waals surface area contributed by atoms with Gasteiger partial charge in [-0.05, 0) is 44.5 Å². The predicted octanol–water partition coefficient (Wildman–Crippen LogP) is 3.26. The number of amides is 2. The van der Waals surface area contributed by atoms with Crippen molar-refractivity contribution in [3.63, 3.8) is 0 Å². The van der Waals surface area contributed by atoms with Crippen LogP contribution >= 0.6 is 0 Å². The molecule has 0 bridgehead atoms. The van der Waals surface area contributed by atoms with Crippen molar-refractivity contribution in [2.45, 2.75) is 44.6 Å². The summed E-state index contributed by atoms with van der Waals surface area (Å²) in [5.74, 6) is -0.714. The molecular formula is C24H29N3O4. The standard InChI is InChI=1S/C24H29N3O4/c1-16-17-11-7-8-12-18(17)27(20(28)15-21(30-5)31-6)24(16,19-13-9-10-14-25-19)22(29)26-23(2,3)4/h7-14,21H,1,15H2,2-6H3,(H,26,29). The van der Waals surface area contributed by atoms with Gasteiger partial charge in [0, 0.05) is 31.5 Å². The van der Waals surface area contributed by atoms with Crippen molar-refractivity contribution >= 4 is 23.1 Å². The third-order valence-electron chi connectivity index (χ3n) is 5.21. The molecule has 2 amide bonds. The second kappa shape index (κ2) is 8.61. The first-order chi connectivity index (χ1) is 14.7. The highest BCUT2D eigenvalue weighted by Crippen LogP contribution is 2.52. The van der Waals surface area contributed by atoms with E-state index in [9.17, 15) is 9.59 Å². The summed E-state index contributed by atoms with van der Waals surface area (Å²) in [6.07, 6.45) is 0.778. The zero-order valence-electron chi connectivity index (χ0n) is 18.6. The lowest BCUT2D eigenvalue weighted by atomic mass is 9.83. The number of rotatable bonds is 6. The fourth-order valence-electron chi connectivity index (χ4n) is 3.88. The molecule has 7 nitrogen and oxygen atoms in total. The van der Waals surface area contributed by atoms with Crippen LogP contribution in [-0.4, -0.2) is 42.8 Å². The molecule has 1 aromatic heterocycles. The molecule has 0 aliphatic carbocycles. The Morgan fingerprint density at radius 2 is 1.77 bits per heavy atom. The molecule has 0 saturated carbocycles.